The molecular weight excluding hydrogens is 455 g/mol. The Kier molecular flexibility index (Phi) is 6.42. The van der Waals surface area contributed by atoms with E-state index in [1.54, 1.807) is 25.1 Å². The zero-order chi connectivity index (χ0) is 18.6. The molecule has 0 saturated carbocycles. The van der Waals surface area contributed by atoms with Crippen molar-refractivity contribution in [3.05, 3.63) is 51.6 Å². The zero-order valence-corrected chi connectivity index (χ0v) is 17.0. The van der Waals surface area contributed by atoms with Crippen LogP contribution in [0.25, 0.3) is 0 Å². The van der Waals surface area contributed by atoms with Crippen LogP contribution in [0.2, 0.25) is 0 Å². The number of nitrogens with one attached hydrogen (secondary N) is 2. The van der Waals surface area contributed by atoms with Crippen LogP contribution in [0.15, 0.2) is 47.4 Å². The van der Waals surface area contributed by atoms with Crippen molar-refractivity contribution >= 4 is 44.2 Å². The second-order valence-corrected chi connectivity index (χ2v) is 8.43. The molecule has 1 atom stereocenters. The molecule has 1 amide bonds. The number of carbonyl (C=O) groups is 1. The Morgan fingerprint density at radius 3 is 2.36 bits per heavy atom. The number of aryl methyl sites for hydroxylation is 1. The Balaban J connectivity index is 2.09. The number of benzene rings is 2. The molecule has 0 heterocycles. The highest BCUT2D eigenvalue weighted by Crippen LogP contribution is 2.21. The first-order valence-electron chi connectivity index (χ1n) is 7.46. The van der Waals surface area contributed by atoms with Crippen LogP contribution < -0.4 is 14.8 Å². The van der Waals surface area contributed by atoms with Crippen LogP contribution in [0, 0.1) is 10.5 Å². The summed E-state index contributed by atoms with van der Waals surface area (Å²) in [6.45, 7) is 3.25. The van der Waals surface area contributed by atoms with Gasteiger partial charge in [0.05, 0.1) is 18.0 Å². The fourth-order valence-electron chi connectivity index (χ4n) is 2.16. The molecule has 2 rings (SSSR count). The van der Waals surface area contributed by atoms with Gasteiger partial charge >= 0.3 is 0 Å². The normalized spacial score (nSPS) is 12.5. The Bertz CT molecular complexity index is 867. The van der Waals surface area contributed by atoms with Crippen molar-refractivity contribution in [2.45, 2.75) is 24.8 Å². The third-order valence-corrected chi connectivity index (χ3v) is 5.77. The van der Waals surface area contributed by atoms with Crippen molar-refractivity contribution in [3.8, 4) is 5.75 Å². The monoisotopic (exact) mass is 474 g/mol. The maximum absolute atomic E-state index is 12.5. The first-order valence-corrected chi connectivity index (χ1v) is 10.0. The van der Waals surface area contributed by atoms with Crippen LogP contribution in [0.1, 0.15) is 12.5 Å². The Morgan fingerprint density at radius 2 is 1.80 bits per heavy atom. The summed E-state index contributed by atoms with van der Waals surface area (Å²) < 4.78 is 33.5. The molecular formula is C17H19IN2O4S. The molecule has 134 valence electrons. The number of amides is 1. The number of ether oxygens (including phenoxy) is 1. The molecule has 0 unspecified atom stereocenters. The quantitative estimate of drug-likeness (QED) is 0.631. The van der Waals surface area contributed by atoms with Gasteiger partial charge in [-0.25, -0.2) is 8.42 Å². The van der Waals surface area contributed by atoms with Crippen molar-refractivity contribution in [2.75, 3.05) is 12.4 Å². The second kappa shape index (κ2) is 8.15. The first-order chi connectivity index (χ1) is 11.7. The number of hydrogen-bond donors (Lipinski definition) is 2. The third kappa shape index (κ3) is 5.16. The van der Waals surface area contributed by atoms with E-state index in [-0.39, 0.29) is 4.90 Å². The highest BCUT2D eigenvalue weighted by atomic mass is 127. The average molecular weight is 474 g/mol. The van der Waals surface area contributed by atoms with Gasteiger partial charge in [0.1, 0.15) is 5.75 Å². The molecule has 0 bridgehead atoms. The van der Waals surface area contributed by atoms with Crippen molar-refractivity contribution < 1.29 is 17.9 Å². The van der Waals surface area contributed by atoms with Crippen LogP contribution in [0.3, 0.4) is 0 Å². The number of methoxy groups -OCH3 is 1. The number of anilines is 1. The Labute approximate surface area is 161 Å². The van der Waals surface area contributed by atoms with E-state index in [1.165, 1.54) is 26.2 Å². The van der Waals surface area contributed by atoms with Crippen molar-refractivity contribution in [3.63, 3.8) is 0 Å². The van der Waals surface area contributed by atoms with E-state index in [4.69, 9.17) is 4.74 Å². The predicted octanol–water partition coefficient (Wildman–Crippen LogP) is 2.91. The van der Waals surface area contributed by atoms with Crippen LogP contribution in [0.5, 0.6) is 5.75 Å². The van der Waals surface area contributed by atoms with E-state index < -0.39 is 22.0 Å². The number of rotatable bonds is 6. The molecule has 0 aliphatic carbocycles. The van der Waals surface area contributed by atoms with E-state index in [0.717, 1.165) is 3.57 Å². The van der Waals surface area contributed by atoms with Gasteiger partial charge in [-0.15, -0.1) is 0 Å². The molecule has 25 heavy (non-hydrogen) atoms. The van der Waals surface area contributed by atoms with Gasteiger partial charge in [-0.05, 0) is 84.5 Å². The summed E-state index contributed by atoms with van der Waals surface area (Å²) in [5.74, 6) is 0.165. The predicted molar refractivity (Wildman–Crippen MR) is 105 cm³/mol. The maximum atomic E-state index is 12.5. The summed E-state index contributed by atoms with van der Waals surface area (Å²) in [7, 11) is -2.30. The minimum atomic E-state index is -3.82. The largest absolute Gasteiger partial charge is 0.496 e. The van der Waals surface area contributed by atoms with Gasteiger partial charge in [0, 0.05) is 9.26 Å². The highest BCUT2D eigenvalue weighted by molar-refractivity contribution is 14.1. The van der Waals surface area contributed by atoms with E-state index in [9.17, 15) is 13.2 Å². The second-order valence-electron chi connectivity index (χ2n) is 5.47. The maximum Gasteiger partial charge on any atom is 0.242 e. The van der Waals surface area contributed by atoms with E-state index in [1.807, 2.05) is 12.1 Å². The Hall–Kier alpha value is -1.65. The van der Waals surface area contributed by atoms with Gasteiger partial charge < -0.3 is 10.1 Å². The van der Waals surface area contributed by atoms with Crippen LogP contribution >= 0.6 is 22.6 Å². The molecule has 0 saturated heterocycles. The molecule has 0 aliphatic heterocycles. The SMILES string of the molecule is COc1ccc(S(=O)(=O)N[C@H](C)C(=O)Nc2ccc(I)cc2)cc1C. The summed E-state index contributed by atoms with van der Waals surface area (Å²) in [5, 5.41) is 2.68. The molecule has 0 radical (unpaired) electrons. The molecule has 2 aromatic carbocycles. The van der Waals surface area contributed by atoms with E-state index >= 15 is 0 Å². The van der Waals surface area contributed by atoms with Gasteiger partial charge in [0.15, 0.2) is 0 Å². The highest BCUT2D eigenvalue weighted by Gasteiger charge is 2.22. The van der Waals surface area contributed by atoms with E-state index in [0.29, 0.717) is 17.0 Å². The lowest BCUT2D eigenvalue weighted by molar-refractivity contribution is -0.117. The number of sulfonamides is 1. The fraction of sp³-hybridized carbons (Fsp3) is 0.235. The van der Waals surface area contributed by atoms with Crippen LogP contribution in [-0.4, -0.2) is 27.5 Å². The summed E-state index contributed by atoms with van der Waals surface area (Å²) in [4.78, 5) is 12.3. The summed E-state index contributed by atoms with van der Waals surface area (Å²) in [6, 6.07) is 10.8. The molecule has 2 N–H and O–H groups in total. The van der Waals surface area contributed by atoms with Crippen LogP contribution in [0.4, 0.5) is 5.69 Å². The summed E-state index contributed by atoms with van der Waals surface area (Å²) in [5.41, 5.74) is 1.30. The molecule has 8 heteroatoms. The van der Waals surface area contributed by atoms with Crippen molar-refractivity contribution in [1.82, 2.24) is 4.72 Å². The number of halogens is 1. The fourth-order valence-corrected chi connectivity index (χ4v) is 3.80. The minimum Gasteiger partial charge on any atom is -0.496 e. The lowest BCUT2D eigenvalue weighted by Gasteiger charge is -2.15. The summed E-state index contributed by atoms with van der Waals surface area (Å²) in [6.07, 6.45) is 0. The molecule has 0 fully saturated rings. The smallest absolute Gasteiger partial charge is 0.242 e. The average Bonchev–Trinajstić information content (AvgIpc) is 2.56. The van der Waals surface area contributed by atoms with Crippen molar-refractivity contribution in [1.29, 1.82) is 0 Å². The van der Waals surface area contributed by atoms with Gasteiger partial charge in [0.2, 0.25) is 15.9 Å². The molecule has 0 aliphatic rings. The summed E-state index contributed by atoms with van der Waals surface area (Å²) >= 11 is 2.16. The lowest BCUT2D eigenvalue weighted by atomic mass is 10.2. The standard InChI is InChI=1S/C17H19IN2O4S/c1-11-10-15(8-9-16(11)24-3)25(22,23)20-12(2)17(21)19-14-6-4-13(18)5-7-14/h4-10,12,20H,1-3H3,(H,19,21)/t12-/m1/s1. The number of hydrogen-bond acceptors (Lipinski definition) is 4. The first kappa shape index (κ1) is 19.7. The van der Waals surface area contributed by atoms with Crippen molar-refractivity contribution in [2.24, 2.45) is 0 Å². The molecule has 0 spiro atoms. The van der Waals surface area contributed by atoms with Gasteiger partial charge in [-0.2, -0.15) is 4.72 Å². The van der Waals surface area contributed by atoms with E-state index in [2.05, 4.69) is 32.6 Å². The third-order valence-electron chi connectivity index (χ3n) is 3.51. The molecule has 2 aromatic rings. The van der Waals surface area contributed by atoms with Gasteiger partial charge in [-0.3, -0.25) is 4.79 Å². The lowest BCUT2D eigenvalue weighted by Crippen LogP contribution is -2.41. The van der Waals surface area contributed by atoms with Gasteiger partial charge in [-0.1, -0.05) is 0 Å². The topological polar surface area (TPSA) is 84.5 Å². The van der Waals surface area contributed by atoms with Crippen LogP contribution in [-0.2, 0) is 14.8 Å². The Morgan fingerprint density at radius 1 is 1.16 bits per heavy atom. The molecule has 6 nitrogen and oxygen atoms in total. The molecule has 0 aromatic heterocycles. The number of carbonyl (C=O) groups excluding carboxylic acids is 1. The zero-order valence-electron chi connectivity index (χ0n) is 14.0. The van der Waals surface area contributed by atoms with Gasteiger partial charge in [0.25, 0.3) is 0 Å². The minimum absolute atomic E-state index is 0.0831.